The number of aromatic amines is 2. The van der Waals surface area contributed by atoms with Gasteiger partial charge < -0.3 is 4.98 Å². The van der Waals surface area contributed by atoms with Gasteiger partial charge in [-0.3, -0.25) is 14.8 Å². The van der Waals surface area contributed by atoms with E-state index >= 15 is 0 Å². The summed E-state index contributed by atoms with van der Waals surface area (Å²) >= 11 is 0. The first-order valence-corrected chi connectivity index (χ1v) is 13.2. The third-order valence-electron chi connectivity index (χ3n) is 6.00. The van der Waals surface area contributed by atoms with Gasteiger partial charge in [-0.2, -0.15) is 10.2 Å². The van der Waals surface area contributed by atoms with Crippen LogP contribution in [-0.4, -0.2) is 49.6 Å². The van der Waals surface area contributed by atoms with Crippen LogP contribution in [0.25, 0.3) is 55.8 Å². The van der Waals surface area contributed by atoms with Crippen molar-refractivity contribution < 1.29 is 12.8 Å². The predicted octanol–water partition coefficient (Wildman–Crippen LogP) is 3.76. The summed E-state index contributed by atoms with van der Waals surface area (Å²) in [6.45, 7) is -0.0378. The normalized spacial score (nSPS) is 12.1. The maximum Gasteiger partial charge on any atom is 0.209 e. The highest BCUT2D eigenvalue weighted by atomic mass is 32.2. The molecule has 0 spiro atoms. The number of aromatic nitrogens is 7. The van der Waals surface area contributed by atoms with Crippen LogP contribution in [0.5, 0.6) is 0 Å². The Kier molecular flexibility index (Phi) is 5.35. The van der Waals surface area contributed by atoms with Crippen molar-refractivity contribution in [2.45, 2.75) is 6.54 Å². The number of hydrogen-bond donors (Lipinski definition) is 3. The average Bonchev–Trinajstić information content (AvgIpc) is 3.58. The van der Waals surface area contributed by atoms with Crippen LogP contribution in [-0.2, 0) is 23.6 Å². The van der Waals surface area contributed by atoms with Gasteiger partial charge in [-0.1, -0.05) is 6.07 Å². The van der Waals surface area contributed by atoms with Crippen molar-refractivity contribution >= 4 is 32.0 Å². The van der Waals surface area contributed by atoms with E-state index in [0.717, 1.165) is 28.3 Å². The lowest BCUT2D eigenvalue weighted by Gasteiger charge is -2.07. The quantitative estimate of drug-likeness (QED) is 0.309. The number of imidazole rings is 1. The maximum atomic E-state index is 14.5. The predicted molar refractivity (Wildman–Crippen MR) is 138 cm³/mol. The molecule has 6 aromatic rings. The number of pyridine rings is 1. The van der Waals surface area contributed by atoms with E-state index in [4.69, 9.17) is 4.98 Å². The van der Waals surface area contributed by atoms with E-state index in [1.807, 2.05) is 31.4 Å². The Bertz CT molecular complexity index is 1900. The van der Waals surface area contributed by atoms with Crippen LogP contribution in [0.4, 0.5) is 4.39 Å². The van der Waals surface area contributed by atoms with Crippen LogP contribution in [0, 0.1) is 5.82 Å². The summed E-state index contributed by atoms with van der Waals surface area (Å²) in [7, 11) is -1.56. The molecule has 0 saturated heterocycles. The van der Waals surface area contributed by atoms with E-state index in [1.54, 1.807) is 29.2 Å². The summed E-state index contributed by atoms with van der Waals surface area (Å²) in [4.78, 5) is 12.5. The molecule has 6 rings (SSSR count). The summed E-state index contributed by atoms with van der Waals surface area (Å²) in [5.74, 6) is 0.0350. The molecule has 4 heterocycles. The fraction of sp³-hybridized carbons (Fsp3) is 0.120. The molecule has 0 saturated carbocycles. The Morgan fingerprint density at radius 3 is 2.68 bits per heavy atom. The lowest BCUT2D eigenvalue weighted by atomic mass is 10.1. The monoisotopic (exact) mass is 516 g/mol. The third kappa shape index (κ3) is 4.47. The molecule has 12 heteroatoms. The molecule has 0 aliphatic carbocycles. The Hall–Kier alpha value is -4.42. The summed E-state index contributed by atoms with van der Waals surface area (Å²) in [6, 6.07) is 12.1. The van der Waals surface area contributed by atoms with E-state index in [9.17, 15) is 12.8 Å². The number of nitrogens with one attached hydrogen (secondary N) is 3. The van der Waals surface area contributed by atoms with Gasteiger partial charge >= 0.3 is 0 Å². The van der Waals surface area contributed by atoms with E-state index in [0.29, 0.717) is 39.4 Å². The van der Waals surface area contributed by atoms with Crippen LogP contribution < -0.4 is 4.72 Å². The zero-order chi connectivity index (χ0) is 25.7. The lowest BCUT2D eigenvalue weighted by Crippen LogP contribution is -2.21. The van der Waals surface area contributed by atoms with E-state index < -0.39 is 15.8 Å². The molecule has 0 bridgehead atoms. The van der Waals surface area contributed by atoms with Gasteiger partial charge in [-0.15, -0.1) is 0 Å². The molecule has 3 N–H and O–H groups in total. The minimum Gasteiger partial charge on any atom is -0.336 e. The van der Waals surface area contributed by atoms with Crippen molar-refractivity contribution in [2.75, 3.05) is 6.26 Å². The van der Waals surface area contributed by atoms with Crippen molar-refractivity contribution in [2.24, 2.45) is 7.05 Å². The van der Waals surface area contributed by atoms with Crippen molar-refractivity contribution in [3.05, 3.63) is 72.4 Å². The molecular formula is C25H21FN8O2S. The Morgan fingerprint density at radius 2 is 1.89 bits per heavy atom. The van der Waals surface area contributed by atoms with Crippen molar-refractivity contribution in [3.8, 4) is 33.9 Å². The fourth-order valence-electron chi connectivity index (χ4n) is 4.31. The molecule has 0 fully saturated rings. The highest BCUT2D eigenvalue weighted by Crippen LogP contribution is 2.32. The third-order valence-corrected chi connectivity index (χ3v) is 6.66. The fourth-order valence-corrected chi connectivity index (χ4v) is 4.74. The van der Waals surface area contributed by atoms with Gasteiger partial charge in [-0.05, 0) is 47.5 Å². The highest BCUT2D eigenvalue weighted by molar-refractivity contribution is 7.88. The molecule has 0 aliphatic rings. The number of sulfonamides is 1. The van der Waals surface area contributed by atoms with Crippen LogP contribution in [0.1, 0.15) is 5.56 Å². The zero-order valence-electron chi connectivity index (χ0n) is 19.8. The highest BCUT2D eigenvalue weighted by Gasteiger charge is 2.17. The first-order valence-electron chi connectivity index (χ1n) is 11.3. The number of H-pyrrole nitrogens is 2. The average molecular weight is 517 g/mol. The van der Waals surface area contributed by atoms with Crippen LogP contribution in [0.15, 0.2) is 61.1 Å². The molecule has 186 valence electrons. The van der Waals surface area contributed by atoms with Gasteiger partial charge in [0.1, 0.15) is 17.0 Å². The standard InChI is InChI=1S/C25H21FN8O2S/c1-34-13-17(12-28-34)15-3-4-20-19(10-15)23(33-32-20)25-30-21-5-6-27-22(24(21)31-25)16-7-14(8-18(26)9-16)11-29-37(2,35)36/h3-10,12-13,29H,11H2,1-2H3,(H,30,31)(H,32,33). The molecule has 0 radical (unpaired) electrons. The van der Waals surface area contributed by atoms with Gasteiger partial charge in [0, 0.05) is 42.5 Å². The molecule has 37 heavy (non-hydrogen) atoms. The molecule has 10 nitrogen and oxygen atoms in total. The Morgan fingerprint density at radius 1 is 1.03 bits per heavy atom. The lowest BCUT2D eigenvalue weighted by molar-refractivity contribution is 0.586. The van der Waals surface area contributed by atoms with Crippen LogP contribution >= 0.6 is 0 Å². The first kappa shape index (κ1) is 23.0. The summed E-state index contributed by atoms with van der Waals surface area (Å²) < 4.78 is 41.6. The SMILES string of the molecule is Cn1cc(-c2ccc3[nH]nc(-c4nc5c(-c6cc(F)cc(CNS(C)(=O)=O)c6)nccc5[nH]4)c3c2)cn1. The molecule has 0 amide bonds. The summed E-state index contributed by atoms with van der Waals surface area (Å²) in [5, 5.41) is 12.7. The molecule has 4 aromatic heterocycles. The van der Waals surface area contributed by atoms with Gasteiger partial charge in [0.25, 0.3) is 0 Å². The largest absolute Gasteiger partial charge is 0.336 e. The van der Waals surface area contributed by atoms with Crippen molar-refractivity contribution in [1.82, 2.24) is 39.7 Å². The van der Waals surface area contributed by atoms with Crippen molar-refractivity contribution in [3.63, 3.8) is 0 Å². The molecule has 0 unspecified atom stereocenters. The van der Waals surface area contributed by atoms with Gasteiger partial charge in [-0.25, -0.2) is 22.5 Å². The maximum absolute atomic E-state index is 14.5. The van der Waals surface area contributed by atoms with Gasteiger partial charge in [0.05, 0.1) is 29.2 Å². The van der Waals surface area contributed by atoms with Gasteiger partial charge in [0.15, 0.2) is 5.82 Å². The first-order chi connectivity index (χ1) is 17.7. The number of hydrogen-bond acceptors (Lipinski definition) is 6. The number of benzene rings is 2. The van der Waals surface area contributed by atoms with E-state index in [2.05, 4.69) is 30.0 Å². The number of halogens is 1. The zero-order valence-corrected chi connectivity index (χ0v) is 20.6. The summed E-state index contributed by atoms with van der Waals surface area (Å²) in [6.07, 6.45) is 6.42. The second kappa shape index (κ2) is 8.61. The number of nitrogens with zero attached hydrogens (tertiary/aromatic N) is 5. The topological polar surface area (TPSA) is 134 Å². The molecule has 0 aliphatic heterocycles. The Labute approximate surface area is 210 Å². The van der Waals surface area contributed by atoms with Crippen LogP contribution in [0.3, 0.4) is 0 Å². The second-order valence-electron chi connectivity index (χ2n) is 8.82. The van der Waals surface area contributed by atoms with Crippen molar-refractivity contribution in [1.29, 1.82) is 0 Å². The molecule has 0 atom stereocenters. The summed E-state index contributed by atoms with van der Waals surface area (Å²) in [5.41, 5.74) is 6.16. The number of fused-ring (bicyclic) bond motifs is 2. The molecular weight excluding hydrogens is 495 g/mol. The minimum absolute atomic E-state index is 0.0378. The number of rotatable bonds is 6. The second-order valence-corrected chi connectivity index (χ2v) is 10.7. The smallest absolute Gasteiger partial charge is 0.209 e. The molecule has 2 aromatic carbocycles. The minimum atomic E-state index is -3.43. The Balaban J connectivity index is 1.43. The van der Waals surface area contributed by atoms with Crippen LogP contribution in [0.2, 0.25) is 0 Å². The van der Waals surface area contributed by atoms with E-state index in [-0.39, 0.29) is 6.54 Å². The van der Waals surface area contributed by atoms with Gasteiger partial charge in [0.2, 0.25) is 10.0 Å². The van der Waals surface area contributed by atoms with E-state index in [1.165, 1.54) is 12.1 Å². The number of aryl methyl sites for hydroxylation is 1.